The molecular formula is C18H21Cl2N3O3. The lowest BCUT2D eigenvalue weighted by Crippen LogP contribution is -2.41. The molecule has 2 aromatic rings. The van der Waals surface area contributed by atoms with Gasteiger partial charge in [-0.2, -0.15) is 5.10 Å². The number of esters is 1. The van der Waals surface area contributed by atoms with Gasteiger partial charge in [-0.15, -0.1) is 0 Å². The molecule has 0 aliphatic heterocycles. The van der Waals surface area contributed by atoms with E-state index in [1.54, 1.807) is 44.4 Å². The molecule has 0 spiro atoms. The van der Waals surface area contributed by atoms with Crippen molar-refractivity contribution in [3.05, 3.63) is 51.8 Å². The summed E-state index contributed by atoms with van der Waals surface area (Å²) in [4.78, 5) is 26.9. The normalized spacial score (nSPS) is 11.9. The molecule has 1 aromatic carbocycles. The summed E-state index contributed by atoms with van der Waals surface area (Å²) in [6.45, 7) is 5.93. The number of benzene rings is 1. The molecule has 0 saturated carbocycles. The number of hydrogen-bond acceptors (Lipinski definition) is 4. The lowest BCUT2D eigenvalue weighted by molar-refractivity contribution is -0.155. The molecule has 1 aromatic heterocycles. The van der Waals surface area contributed by atoms with Crippen LogP contribution in [-0.2, 0) is 20.9 Å². The zero-order valence-corrected chi connectivity index (χ0v) is 16.4. The van der Waals surface area contributed by atoms with Crippen molar-refractivity contribution in [1.29, 1.82) is 0 Å². The monoisotopic (exact) mass is 397 g/mol. The summed E-state index contributed by atoms with van der Waals surface area (Å²) in [6, 6.07) is 3.87. The van der Waals surface area contributed by atoms with E-state index in [2.05, 4.69) is 5.10 Å². The Morgan fingerprint density at radius 2 is 1.88 bits per heavy atom. The van der Waals surface area contributed by atoms with Crippen molar-refractivity contribution >= 4 is 35.1 Å². The van der Waals surface area contributed by atoms with Crippen molar-refractivity contribution in [3.8, 4) is 0 Å². The number of carbonyl (C=O) groups is 2. The number of halogens is 2. The third kappa shape index (κ3) is 4.99. The maximum atomic E-state index is 12.8. The van der Waals surface area contributed by atoms with Crippen LogP contribution in [0.5, 0.6) is 0 Å². The molecule has 1 heterocycles. The highest BCUT2D eigenvalue weighted by Gasteiger charge is 2.32. The molecule has 0 saturated heterocycles. The molecule has 0 unspecified atom stereocenters. The standard InChI is InChI=1S/C18H21Cl2N3O3/c1-4-23(16(24)11-22-10-12(3)9-21-22)17(18(25)26-5-2)13-6-14(19)8-15(20)7-13/h6-10,17H,4-5,11H2,1-3H3/t17-/m0/s1. The summed E-state index contributed by atoms with van der Waals surface area (Å²) < 4.78 is 6.72. The fraction of sp³-hybridized carbons (Fsp3) is 0.389. The van der Waals surface area contributed by atoms with Crippen molar-refractivity contribution in [2.45, 2.75) is 33.4 Å². The second kappa shape index (κ2) is 9.05. The van der Waals surface area contributed by atoms with Crippen LogP contribution in [0.4, 0.5) is 0 Å². The lowest BCUT2D eigenvalue weighted by Gasteiger charge is -2.29. The highest BCUT2D eigenvalue weighted by atomic mass is 35.5. The van der Waals surface area contributed by atoms with E-state index in [4.69, 9.17) is 27.9 Å². The van der Waals surface area contributed by atoms with Gasteiger partial charge in [0.25, 0.3) is 0 Å². The highest BCUT2D eigenvalue weighted by Crippen LogP contribution is 2.28. The third-order valence-electron chi connectivity index (χ3n) is 3.74. The summed E-state index contributed by atoms with van der Waals surface area (Å²) in [5, 5.41) is 4.89. The Morgan fingerprint density at radius 1 is 1.23 bits per heavy atom. The fourth-order valence-electron chi connectivity index (χ4n) is 2.68. The third-order valence-corrected chi connectivity index (χ3v) is 4.18. The molecule has 2 rings (SSSR count). The first-order chi connectivity index (χ1) is 12.3. The molecule has 1 atom stereocenters. The Bertz CT molecular complexity index is 771. The van der Waals surface area contributed by atoms with E-state index in [0.29, 0.717) is 22.2 Å². The SMILES string of the molecule is CCOC(=O)[C@H](c1cc(Cl)cc(Cl)c1)N(CC)C(=O)Cn1cc(C)cn1. The van der Waals surface area contributed by atoms with Crippen LogP contribution >= 0.6 is 23.2 Å². The van der Waals surface area contributed by atoms with Gasteiger partial charge in [0.1, 0.15) is 6.54 Å². The van der Waals surface area contributed by atoms with E-state index in [1.807, 2.05) is 6.92 Å². The Morgan fingerprint density at radius 3 is 2.38 bits per heavy atom. The lowest BCUT2D eigenvalue weighted by atomic mass is 10.0. The summed E-state index contributed by atoms with van der Waals surface area (Å²) in [5.41, 5.74) is 1.46. The van der Waals surface area contributed by atoms with Gasteiger partial charge >= 0.3 is 5.97 Å². The second-order valence-electron chi connectivity index (χ2n) is 5.75. The van der Waals surface area contributed by atoms with E-state index >= 15 is 0 Å². The van der Waals surface area contributed by atoms with Crippen LogP contribution in [0.25, 0.3) is 0 Å². The van der Waals surface area contributed by atoms with Crippen molar-refractivity contribution < 1.29 is 14.3 Å². The zero-order chi connectivity index (χ0) is 19.3. The van der Waals surface area contributed by atoms with Crippen LogP contribution in [0.15, 0.2) is 30.6 Å². The highest BCUT2D eigenvalue weighted by molar-refractivity contribution is 6.34. The molecule has 0 fully saturated rings. The van der Waals surface area contributed by atoms with Crippen molar-refractivity contribution in [2.24, 2.45) is 0 Å². The van der Waals surface area contributed by atoms with Gasteiger partial charge in [-0.1, -0.05) is 23.2 Å². The molecule has 0 bridgehead atoms. The number of ether oxygens (including phenoxy) is 1. The number of carbonyl (C=O) groups excluding carboxylic acids is 2. The van der Waals surface area contributed by atoms with Gasteiger partial charge in [0.2, 0.25) is 5.91 Å². The minimum absolute atomic E-state index is 0.0197. The van der Waals surface area contributed by atoms with Gasteiger partial charge in [-0.25, -0.2) is 4.79 Å². The molecule has 8 heteroatoms. The zero-order valence-electron chi connectivity index (χ0n) is 14.9. The van der Waals surface area contributed by atoms with Crippen molar-refractivity contribution in [3.63, 3.8) is 0 Å². The number of hydrogen-bond donors (Lipinski definition) is 0. The number of nitrogens with zero attached hydrogens (tertiary/aromatic N) is 3. The van der Waals surface area contributed by atoms with Gasteiger partial charge < -0.3 is 9.64 Å². The number of aryl methyl sites for hydroxylation is 1. The first-order valence-electron chi connectivity index (χ1n) is 8.26. The van der Waals surface area contributed by atoms with Gasteiger partial charge in [0.15, 0.2) is 6.04 Å². The summed E-state index contributed by atoms with van der Waals surface area (Å²) in [5.74, 6) is -0.789. The van der Waals surface area contributed by atoms with Crippen LogP contribution in [-0.4, -0.2) is 39.7 Å². The van der Waals surface area contributed by atoms with Gasteiger partial charge in [-0.3, -0.25) is 9.48 Å². The summed E-state index contributed by atoms with van der Waals surface area (Å²) >= 11 is 12.2. The smallest absolute Gasteiger partial charge is 0.333 e. The molecule has 0 aliphatic carbocycles. The average molecular weight is 398 g/mol. The number of aromatic nitrogens is 2. The van der Waals surface area contributed by atoms with E-state index in [1.165, 1.54) is 9.58 Å². The maximum absolute atomic E-state index is 12.8. The Kier molecular flexibility index (Phi) is 7.06. The predicted molar refractivity (Wildman–Crippen MR) is 100 cm³/mol. The molecule has 1 amide bonds. The first kappa shape index (κ1) is 20.3. The van der Waals surface area contributed by atoms with E-state index in [9.17, 15) is 9.59 Å². The van der Waals surface area contributed by atoms with Crippen molar-refractivity contribution in [1.82, 2.24) is 14.7 Å². The van der Waals surface area contributed by atoms with Crippen LogP contribution in [0.3, 0.4) is 0 Å². The fourth-order valence-corrected chi connectivity index (χ4v) is 3.23. The van der Waals surface area contributed by atoms with E-state index < -0.39 is 12.0 Å². The largest absolute Gasteiger partial charge is 0.464 e. The Balaban J connectivity index is 2.37. The summed E-state index contributed by atoms with van der Waals surface area (Å²) in [6.07, 6.45) is 3.44. The van der Waals surface area contributed by atoms with Gasteiger partial charge in [-0.05, 0) is 50.1 Å². The first-order valence-corrected chi connectivity index (χ1v) is 9.02. The van der Waals surface area contributed by atoms with Gasteiger partial charge in [0.05, 0.1) is 12.8 Å². The Hall–Kier alpha value is -2.05. The molecular weight excluding hydrogens is 377 g/mol. The minimum Gasteiger partial charge on any atom is -0.464 e. The molecule has 0 N–H and O–H groups in total. The molecule has 0 aliphatic rings. The van der Waals surface area contributed by atoms with E-state index in [-0.39, 0.29) is 19.1 Å². The second-order valence-corrected chi connectivity index (χ2v) is 6.63. The molecule has 26 heavy (non-hydrogen) atoms. The van der Waals surface area contributed by atoms with Crippen LogP contribution in [0.1, 0.15) is 31.0 Å². The summed E-state index contributed by atoms with van der Waals surface area (Å²) in [7, 11) is 0. The quantitative estimate of drug-likeness (QED) is 0.668. The molecule has 140 valence electrons. The minimum atomic E-state index is -0.930. The molecule has 6 nitrogen and oxygen atoms in total. The van der Waals surface area contributed by atoms with Gasteiger partial charge in [0, 0.05) is 22.8 Å². The number of amides is 1. The maximum Gasteiger partial charge on any atom is 0.333 e. The number of likely N-dealkylation sites (N-methyl/N-ethyl adjacent to an activating group) is 1. The predicted octanol–water partition coefficient (Wildman–Crippen LogP) is 3.65. The topological polar surface area (TPSA) is 64.4 Å². The average Bonchev–Trinajstić information content (AvgIpc) is 2.96. The van der Waals surface area contributed by atoms with Crippen molar-refractivity contribution in [2.75, 3.05) is 13.2 Å². The van der Waals surface area contributed by atoms with E-state index in [0.717, 1.165) is 5.56 Å². The number of rotatable bonds is 7. The molecule has 0 radical (unpaired) electrons. The van der Waals surface area contributed by atoms with Crippen LogP contribution in [0.2, 0.25) is 10.0 Å². The van der Waals surface area contributed by atoms with Crippen LogP contribution < -0.4 is 0 Å². The Labute approximate surface area is 162 Å². The van der Waals surface area contributed by atoms with Crippen LogP contribution in [0, 0.1) is 6.92 Å².